The minimum absolute atomic E-state index is 0.297. The van der Waals surface area contributed by atoms with Gasteiger partial charge >= 0.3 is 5.97 Å². The number of nitrogens with two attached hydrogens (primary N) is 1. The molecule has 0 radical (unpaired) electrons. The highest BCUT2D eigenvalue weighted by Gasteiger charge is 2.35. The summed E-state index contributed by atoms with van der Waals surface area (Å²) in [6.07, 6.45) is 0.420. The van der Waals surface area contributed by atoms with Gasteiger partial charge in [0.05, 0.1) is 25.0 Å². The second-order valence-corrected chi connectivity index (χ2v) is 10.3. The van der Waals surface area contributed by atoms with Crippen molar-refractivity contribution in [1.29, 1.82) is 0 Å². The molecule has 0 bridgehead atoms. The predicted molar refractivity (Wildman–Crippen MR) is 138 cm³/mol. The van der Waals surface area contributed by atoms with Crippen LogP contribution in [0.1, 0.15) is 61.4 Å². The Labute approximate surface area is 211 Å². The Balaban J connectivity index is 2.17. The molecule has 36 heavy (non-hydrogen) atoms. The summed E-state index contributed by atoms with van der Waals surface area (Å²) < 4.78 is 34.4. The maximum absolute atomic E-state index is 15.4. The monoisotopic (exact) mass is 495 g/mol. The van der Waals surface area contributed by atoms with Crippen molar-refractivity contribution in [3.63, 3.8) is 0 Å². The van der Waals surface area contributed by atoms with Gasteiger partial charge in [-0.15, -0.1) is 0 Å². The van der Waals surface area contributed by atoms with E-state index in [2.05, 4.69) is 6.58 Å². The molecular formula is C28H34FN3O4. The van der Waals surface area contributed by atoms with Gasteiger partial charge in [0, 0.05) is 40.5 Å². The minimum atomic E-state index is -1.08. The number of esters is 1. The highest BCUT2D eigenvalue weighted by Crippen LogP contribution is 2.45. The van der Waals surface area contributed by atoms with Crippen molar-refractivity contribution < 1.29 is 23.4 Å². The van der Waals surface area contributed by atoms with Crippen LogP contribution in [0.2, 0.25) is 0 Å². The quantitative estimate of drug-likeness (QED) is 0.485. The molecule has 0 fully saturated rings. The molecule has 3 heterocycles. The molecule has 0 aliphatic carbocycles. The van der Waals surface area contributed by atoms with E-state index in [-0.39, 0.29) is 0 Å². The molecule has 7 nitrogen and oxygen atoms in total. The molecule has 0 saturated carbocycles. The van der Waals surface area contributed by atoms with Gasteiger partial charge in [-0.1, -0.05) is 6.58 Å². The molecule has 3 aromatic rings. The molecule has 0 saturated heterocycles. The van der Waals surface area contributed by atoms with Crippen LogP contribution in [0.3, 0.4) is 0 Å². The average Bonchev–Trinajstić information content (AvgIpc) is 3.14. The van der Waals surface area contributed by atoms with E-state index in [0.29, 0.717) is 63.6 Å². The number of hydrogen-bond donors (Lipinski definition) is 1. The normalized spacial score (nSPS) is 14.3. The number of aryl methyl sites for hydroxylation is 2. The number of halogens is 1. The van der Waals surface area contributed by atoms with Crippen molar-refractivity contribution in [2.45, 2.75) is 59.2 Å². The fraction of sp³-hybridized carbons (Fsp3) is 0.429. The third-order valence-electron chi connectivity index (χ3n) is 6.59. The lowest BCUT2D eigenvalue weighted by Crippen LogP contribution is -2.29. The third-order valence-corrected chi connectivity index (χ3v) is 6.59. The number of aromatic nitrogens is 2. The predicted octanol–water partition coefficient (Wildman–Crippen LogP) is 5.28. The lowest BCUT2D eigenvalue weighted by atomic mass is 9.86. The second kappa shape index (κ2) is 9.24. The van der Waals surface area contributed by atoms with Crippen molar-refractivity contribution in [3.8, 4) is 16.9 Å². The number of fused-ring (bicyclic) bond motifs is 2. The second-order valence-electron chi connectivity index (χ2n) is 10.3. The smallest absolute Gasteiger partial charge is 0.339 e. The summed E-state index contributed by atoms with van der Waals surface area (Å²) >= 11 is 0. The van der Waals surface area contributed by atoms with Crippen LogP contribution in [-0.4, -0.2) is 34.8 Å². The summed E-state index contributed by atoms with van der Waals surface area (Å²) in [4.78, 5) is 18.0. The highest BCUT2D eigenvalue weighted by molar-refractivity contribution is 6.00. The van der Waals surface area contributed by atoms with Crippen molar-refractivity contribution in [1.82, 2.24) is 9.55 Å². The van der Waals surface area contributed by atoms with Crippen LogP contribution in [-0.2, 0) is 27.7 Å². The van der Waals surface area contributed by atoms with Crippen LogP contribution in [0.15, 0.2) is 18.7 Å². The van der Waals surface area contributed by atoms with Crippen molar-refractivity contribution in [3.05, 3.63) is 52.6 Å². The zero-order chi connectivity index (χ0) is 26.5. The number of benzene rings is 1. The molecule has 0 unspecified atom stereocenters. The first-order valence-electron chi connectivity index (χ1n) is 12.0. The molecular weight excluding hydrogens is 461 g/mol. The first-order valence-corrected chi connectivity index (χ1v) is 12.0. The van der Waals surface area contributed by atoms with Crippen LogP contribution < -0.4 is 10.5 Å². The topological polar surface area (TPSA) is 88.6 Å². The number of nitrogens with zero attached hydrogens (tertiary/aromatic N) is 2. The van der Waals surface area contributed by atoms with Crippen LogP contribution >= 0.6 is 0 Å². The molecule has 4 rings (SSSR count). The summed E-state index contributed by atoms with van der Waals surface area (Å²) in [6, 6.07) is 3.36. The van der Waals surface area contributed by atoms with E-state index in [0.717, 1.165) is 17.5 Å². The maximum Gasteiger partial charge on any atom is 0.339 e. The number of ether oxygens (including phenoxy) is 3. The Bertz CT molecular complexity index is 1380. The van der Waals surface area contributed by atoms with Gasteiger partial charge in [-0.05, 0) is 70.7 Å². The lowest BCUT2D eigenvalue weighted by molar-refractivity contribution is -0.164. The van der Waals surface area contributed by atoms with Crippen LogP contribution in [0.4, 0.5) is 4.39 Å². The molecule has 1 aliphatic heterocycles. The van der Waals surface area contributed by atoms with Crippen molar-refractivity contribution in [2.75, 3.05) is 13.7 Å². The molecule has 8 heteroatoms. The molecule has 1 aromatic carbocycles. The van der Waals surface area contributed by atoms with Gasteiger partial charge in [0.25, 0.3) is 0 Å². The number of rotatable bonds is 5. The van der Waals surface area contributed by atoms with Crippen molar-refractivity contribution >= 4 is 22.7 Å². The van der Waals surface area contributed by atoms with Crippen LogP contribution in [0.5, 0.6) is 5.75 Å². The van der Waals surface area contributed by atoms with Gasteiger partial charge in [-0.25, -0.2) is 14.2 Å². The zero-order valence-electron chi connectivity index (χ0n) is 22.0. The molecule has 2 N–H and O–H groups in total. The third kappa shape index (κ3) is 4.34. The average molecular weight is 496 g/mol. The molecule has 192 valence electrons. The first-order chi connectivity index (χ1) is 16.9. The number of carbonyl (C=O) groups excluding carboxylic acids is 1. The first kappa shape index (κ1) is 25.7. The maximum atomic E-state index is 15.4. The Morgan fingerprint density at radius 1 is 1.31 bits per heavy atom. The SMILES string of the molecule is C=C(N)c1cc2c(-c3cc(F)c4c(c3C)CCCO4)c([C@H](OC(C)(C)C)C(=O)OC)c(C)nc2n1C. The van der Waals surface area contributed by atoms with Gasteiger partial charge in [-0.3, -0.25) is 0 Å². The minimum Gasteiger partial charge on any atom is -0.490 e. The molecule has 0 spiro atoms. The number of pyridine rings is 1. The summed E-state index contributed by atoms with van der Waals surface area (Å²) in [5, 5.41) is 0.713. The van der Waals surface area contributed by atoms with Gasteiger partial charge < -0.3 is 24.5 Å². The lowest BCUT2D eigenvalue weighted by Gasteiger charge is -2.29. The van der Waals surface area contributed by atoms with E-state index < -0.39 is 23.5 Å². The van der Waals surface area contributed by atoms with E-state index in [1.807, 2.05) is 52.3 Å². The Hall–Kier alpha value is -3.39. The highest BCUT2D eigenvalue weighted by atomic mass is 19.1. The van der Waals surface area contributed by atoms with Gasteiger partial charge in [0.15, 0.2) is 17.7 Å². The Morgan fingerprint density at radius 2 is 2.00 bits per heavy atom. The van der Waals surface area contributed by atoms with Gasteiger partial charge in [0.2, 0.25) is 0 Å². The number of carbonyl (C=O) groups is 1. The standard InChI is InChI=1S/C28H34FN3O4/c1-14-17-10-9-11-35-24(17)20(29)12-18(14)23-19-13-21(15(2)30)32(7)26(19)31-16(3)22(23)25(27(33)34-8)36-28(4,5)6/h12-13,25H,2,9-11,30H2,1,3-8H3/t25-/m0/s1. The number of hydrogen-bond acceptors (Lipinski definition) is 6. The summed E-state index contributed by atoms with van der Waals surface area (Å²) in [6.45, 7) is 13.7. The Morgan fingerprint density at radius 3 is 2.61 bits per heavy atom. The van der Waals surface area contributed by atoms with E-state index >= 15 is 4.39 Å². The molecule has 0 amide bonds. The fourth-order valence-corrected chi connectivity index (χ4v) is 4.98. The number of methoxy groups -OCH3 is 1. The summed E-state index contributed by atoms with van der Waals surface area (Å²) in [5.74, 6) is -0.704. The molecule has 2 aromatic heterocycles. The largest absolute Gasteiger partial charge is 0.490 e. The van der Waals surface area contributed by atoms with E-state index in [1.165, 1.54) is 13.2 Å². The van der Waals surface area contributed by atoms with Gasteiger partial charge in [-0.2, -0.15) is 0 Å². The fourth-order valence-electron chi connectivity index (χ4n) is 4.98. The van der Waals surface area contributed by atoms with E-state index in [4.69, 9.17) is 24.9 Å². The van der Waals surface area contributed by atoms with E-state index in [9.17, 15) is 4.79 Å². The van der Waals surface area contributed by atoms with Crippen LogP contribution in [0.25, 0.3) is 27.9 Å². The summed E-state index contributed by atoms with van der Waals surface area (Å²) in [5.41, 5.74) is 11.2. The Kier molecular flexibility index (Phi) is 6.60. The van der Waals surface area contributed by atoms with Crippen LogP contribution in [0, 0.1) is 19.7 Å². The molecule has 1 aliphatic rings. The van der Waals surface area contributed by atoms with Gasteiger partial charge in [0.1, 0.15) is 5.65 Å². The summed E-state index contributed by atoms with van der Waals surface area (Å²) in [7, 11) is 3.17. The van der Waals surface area contributed by atoms with Crippen molar-refractivity contribution in [2.24, 2.45) is 12.8 Å². The zero-order valence-corrected chi connectivity index (χ0v) is 22.0. The molecule has 1 atom stereocenters. The van der Waals surface area contributed by atoms with E-state index in [1.54, 1.807) is 0 Å².